The Kier molecular flexibility index (Phi) is 5.47. The molecule has 0 bridgehead atoms. The lowest BCUT2D eigenvalue weighted by Gasteiger charge is -2.11. The molecule has 0 atom stereocenters. The third-order valence-electron chi connectivity index (χ3n) is 4.68. The first-order valence-electron chi connectivity index (χ1n) is 9.07. The van der Waals surface area contributed by atoms with Crippen LogP contribution in [-0.4, -0.2) is 23.0 Å². The number of ether oxygens (including phenoxy) is 1. The Morgan fingerprint density at radius 3 is 2.69 bits per heavy atom. The summed E-state index contributed by atoms with van der Waals surface area (Å²) in [4.78, 5) is 21.6. The zero-order chi connectivity index (χ0) is 20.4. The second-order valence-electron chi connectivity index (χ2n) is 6.41. The van der Waals surface area contributed by atoms with E-state index in [0.29, 0.717) is 22.1 Å². The van der Waals surface area contributed by atoms with Crippen molar-refractivity contribution >= 4 is 50.6 Å². The molecule has 0 spiro atoms. The van der Waals surface area contributed by atoms with E-state index in [0.717, 1.165) is 27.8 Å². The van der Waals surface area contributed by atoms with E-state index in [9.17, 15) is 4.79 Å². The maximum absolute atomic E-state index is 11.9. The first kappa shape index (κ1) is 19.4. The van der Waals surface area contributed by atoms with Crippen LogP contribution in [0.15, 0.2) is 54.2 Å². The number of methoxy groups -OCH3 is 1. The van der Waals surface area contributed by atoms with E-state index >= 15 is 0 Å². The van der Waals surface area contributed by atoms with E-state index in [4.69, 9.17) is 16.3 Å². The van der Waals surface area contributed by atoms with Gasteiger partial charge in [-0.25, -0.2) is 14.8 Å². The second-order valence-corrected chi connectivity index (χ2v) is 7.68. The van der Waals surface area contributed by atoms with Crippen molar-refractivity contribution in [2.24, 2.45) is 0 Å². The number of aryl methyl sites for hydroxylation is 1. The number of aromatic nitrogens is 2. The number of carbonyl (C=O) groups excluding carboxylic acids is 1. The number of nitrogens with zero attached hydrogens (tertiary/aromatic N) is 2. The first-order chi connectivity index (χ1) is 14.1. The van der Waals surface area contributed by atoms with Crippen molar-refractivity contribution in [2.75, 3.05) is 12.4 Å². The molecule has 0 aliphatic carbocycles. The molecular weight excluding hydrogens is 406 g/mol. The number of thiophene rings is 1. The van der Waals surface area contributed by atoms with Gasteiger partial charge in [-0.2, -0.15) is 0 Å². The van der Waals surface area contributed by atoms with Gasteiger partial charge in [0.05, 0.1) is 28.8 Å². The van der Waals surface area contributed by atoms with Crippen LogP contribution in [-0.2, 0) is 11.2 Å². The van der Waals surface area contributed by atoms with Gasteiger partial charge in [-0.05, 0) is 35.7 Å². The van der Waals surface area contributed by atoms with Crippen LogP contribution >= 0.6 is 22.9 Å². The molecule has 5 nitrogen and oxygen atoms in total. The molecule has 146 valence electrons. The van der Waals surface area contributed by atoms with Gasteiger partial charge in [0.1, 0.15) is 17.0 Å². The Morgan fingerprint density at radius 2 is 1.97 bits per heavy atom. The topological polar surface area (TPSA) is 64.1 Å². The summed E-state index contributed by atoms with van der Waals surface area (Å²) in [5.41, 5.74) is 4.42. The Morgan fingerprint density at radius 1 is 1.17 bits per heavy atom. The quantitative estimate of drug-likeness (QED) is 0.392. The van der Waals surface area contributed by atoms with E-state index < -0.39 is 5.97 Å². The Hall–Kier alpha value is -2.96. The Labute approximate surface area is 177 Å². The fourth-order valence-corrected chi connectivity index (χ4v) is 4.18. The van der Waals surface area contributed by atoms with Gasteiger partial charge in [-0.1, -0.05) is 42.8 Å². The highest BCUT2D eigenvalue weighted by molar-refractivity contribution is 7.17. The monoisotopic (exact) mass is 423 g/mol. The molecule has 0 aliphatic heterocycles. The second kappa shape index (κ2) is 8.19. The summed E-state index contributed by atoms with van der Waals surface area (Å²) in [6, 6.07) is 13.4. The minimum atomic E-state index is -0.426. The summed E-state index contributed by atoms with van der Waals surface area (Å²) in [6.45, 7) is 2.14. The first-order valence-corrected chi connectivity index (χ1v) is 10.3. The number of fused-ring (bicyclic) bond motifs is 1. The van der Waals surface area contributed by atoms with Crippen LogP contribution in [0.1, 0.15) is 22.8 Å². The predicted molar refractivity (Wildman–Crippen MR) is 118 cm³/mol. The van der Waals surface area contributed by atoms with Crippen molar-refractivity contribution in [2.45, 2.75) is 13.3 Å². The van der Waals surface area contributed by atoms with E-state index in [1.807, 2.05) is 0 Å². The number of nitrogens with one attached hydrogen (secondary N) is 1. The number of rotatable bonds is 5. The zero-order valence-corrected chi connectivity index (χ0v) is 17.5. The van der Waals surface area contributed by atoms with Crippen LogP contribution in [0.5, 0.6) is 0 Å². The zero-order valence-electron chi connectivity index (χ0n) is 15.9. The van der Waals surface area contributed by atoms with Crippen LogP contribution in [0.2, 0.25) is 5.02 Å². The number of esters is 1. The van der Waals surface area contributed by atoms with Crippen molar-refractivity contribution in [3.05, 3.63) is 70.3 Å². The number of benzene rings is 2. The minimum Gasteiger partial charge on any atom is -0.465 e. The lowest BCUT2D eigenvalue weighted by Crippen LogP contribution is -2.03. The van der Waals surface area contributed by atoms with Crippen LogP contribution in [0.25, 0.3) is 21.3 Å². The molecule has 29 heavy (non-hydrogen) atoms. The smallest absolute Gasteiger partial charge is 0.337 e. The van der Waals surface area contributed by atoms with Crippen LogP contribution in [0.3, 0.4) is 0 Å². The normalized spacial score (nSPS) is 10.9. The van der Waals surface area contributed by atoms with Crippen molar-refractivity contribution < 1.29 is 9.53 Å². The Bertz CT molecular complexity index is 1190. The number of carbonyl (C=O) groups is 1. The number of halogens is 1. The average molecular weight is 424 g/mol. The average Bonchev–Trinajstić information content (AvgIpc) is 3.20. The maximum atomic E-state index is 11.9. The third kappa shape index (κ3) is 3.81. The van der Waals surface area contributed by atoms with Crippen molar-refractivity contribution in [1.82, 2.24) is 9.97 Å². The molecule has 0 aliphatic rings. The van der Waals surface area contributed by atoms with Crippen molar-refractivity contribution in [1.29, 1.82) is 0 Å². The molecule has 2 heterocycles. The fraction of sp³-hybridized carbons (Fsp3) is 0.136. The van der Waals surface area contributed by atoms with E-state index in [1.165, 1.54) is 19.0 Å². The Balaban J connectivity index is 1.79. The van der Waals surface area contributed by atoms with Gasteiger partial charge in [0.15, 0.2) is 0 Å². The molecule has 2 aromatic carbocycles. The van der Waals surface area contributed by atoms with Gasteiger partial charge >= 0.3 is 5.97 Å². The summed E-state index contributed by atoms with van der Waals surface area (Å²) in [5.74, 6) is 0.208. The maximum Gasteiger partial charge on any atom is 0.337 e. The summed E-state index contributed by atoms with van der Waals surface area (Å²) in [6.07, 6.45) is 2.51. The molecule has 0 unspecified atom stereocenters. The molecular formula is C22H18ClN3O2S. The molecule has 0 saturated carbocycles. The van der Waals surface area contributed by atoms with Gasteiger partial charge in [0, 0.05) is 10.9 Å². The molecule has 0 saturated heterocycles. The number of hydrogen-bond donors (Lipinski definition) is 1. The van der Waals surface area contributed by atoms with Crippen molar-refractivity contribution in [3.63, 3.8) is 0 Å². The lowest BCUT2D eigenvalue weighted by molar-refractivity contribution is 0.0601. The number of anilines is 2. The van der Waals surface area contributed by atoms with Gasteiger partial charge in [-0.3, -0.25) is 0 Å². The van der Waals surface area contributed by atoms with E-state index in [2.05, 4.69) is 51.9 Å². The standard InChI is InChI=1S/C22H18ClN3O2S/c1-3-13-4-6-14(7-5-13)16-11-29-21-19(16)20(24-12-25-21)26-18-10-15(22(27)28-2)8-9-17(18)23/h4-12H,3H2,1-2H3,(H,24,25,26). The van der Waals surface area contributed by atoms with Gasteiger partial charge < -0.3 is 10.1 Å². The highest BCUT2D eigenvalue weighted by Crippen LogP contribution is 2.38. The molecule has 7 heteroatoms. The summed E-state index contributed by atoms with van der Waals surface area (Å²) in [7, 11) is 1.35. The summed E-state index contributed by atoms with van der Waals surface area (Å²) in [5, 5.41) is 6.75. The largest absolute Gasteiger partial charge is 0.465 e. The molecule has 0 amide bonds. The predicted octanol–water partition coefficient (Wildman–Crippen LogP) is 6.10. The molecule has 0 fully saturated rings. The highest BCUT2D eigenvalue weighted by atomic mass is 35.5. The molecule has 0 radical (unpaired) electrons. The van der Waals surface area contributed by atoms with Crippen LogP contribution in [0.4, 0.5) is 11.5 Å². The van der Waals surface area contributed by atoms with Gasteiger partial charge in [-0.15, -0.1) is 11.3 Å². The molecule has 4 rings (SSSR count). The van der Waals surface area contributed by atoms with Crippen LogP contribution < -0.4 is 5.32 Å². The number of hydrogen-bond acceptors (Lipinski definition) is 6. The van der Waals surface area contributed by atoms with Gasteiger partial charge in [0.25, 0.3) is 0 Å². The van der Waals surface area contributed by atoms with Crippen molar-refractivity contribution in [3.8, 4) is 11.1 Å². The summed E-state index contributed by atoms with van der Waals surface area (Å²) < 4.78 is 4.80. The summed E-state index contributed by atoms with van der Waals surface area (Å²) >= 11 is 7.91. The fourth-order valence-electron chi connectivity index (χ4n) is 3.10. The molecule has 4 aromatic rings. The highest BCUT2D eigenvalue weighted by Gasteiger charge is 2.15. The van der Waals surface area contributed by atoms with Gasteiger partial charge in [0.2, 0.25) is 0 Å². The molecule has 2 aromatic heterocycles. The van der Waals surface area contributed by atoms with E-state index in [1.54, 1.807) is 29.5 Å². The van der Waals surface area contributed by atoms with E-state index in [-0.39, 0.29) is 0 Å². The lowest BCUT2D eigenvalue weighted by atomic mass is 10.0. The van der Waals surface area contributed by atoms with Crippen LogP contribution in [0, 0.1) is 0 Å². The molecule has 1 N–H and O–H groups in total. The third-order valence-corrected chi connectivity index (χ3v) is 5.90. The SMILES string of the molecule is CCc1ccc(-c2csc3ncnc(Nc4cc(C(=O)OC)ccc4Cl)c23)cc1. The minimum absolute atomic E-state index is 0.408.